The number of sulfonamides is 1. The summed E-state index contributed by atoms with van der Waals surface area (Å²) in [6, 6.07) is 3.71. The number of terminal acetylenes is 1. The molecule has 26 heteroatoms. The Morgan fingerprint density at radius 2 is 1.65 bits per heavy atom. The summed E-state index contributed by atoms with van der Waals surface area (Å²) in [6.07, 6.45) is 8.56. The summed E-state index contributed by atoms with van der Waals surface area (Å²) in [5, 5.41) is 9.61. The number of carbonyl (C=O) groups is 4. The standard InChI is InChI=1S/C18H15ClFNO3.C14H17N5O7S2.C5H12NO4P/c1-3-10(2)24-16-9-15(14(20)8-13(16)19)21-17(22)11-6-4-5-7-12(11)18(21)23;1-4-27(21,22)9-6-5-7-15-12(9)28(23,24)19-14(20)18-13-16-10(25-2)8-11(17-13)26-3;1-11(9,10)3-2-4(6)5(7)8/h1,8-10H,4-7H2,2H3;5-8H,4H2,1-3H3,(H2,16,17,18,19,20);4H,2-3,6H2,1H3,(H,7,8)(H,9,10). The average molecular weight is 960 g/mol. The first-order valence-corrected chi connectivity index (χ1v) is 24.2. The van der Waals surface area contributed by atoms with E-state index >= 15 is 0 Å². The van der Waals surface area contributed by atoms with E-state index in [0.29, 0.717) is 24.0 Å². The zero-order valence-corrected chi connectivity index (χ0v) is 37.6. The van der Waals surface area contributed by atoms with E-state index in [0.717, 1.165) is 36.1 Å². The smallest absolute Gasteiger partial charge is 0.335 e. The molecule has 21 nitrogen and oxygen atoms in total. The fraction of sp³-hybridized carbons (Fsp3) is 0.378. The second-order valence-electron chi connectivity index (χ2n) is 13.3. The monoisotopic (exact) mass is 959 g/mol. The number of nitrogens with zero attached hydrogens (tertiary/aromatic N) is 4. The maximum absolute atomic E-state index is 14.4. The molecule has 3 unspecified atom stereocenters. The van der Waals surface area contributed by atoms with Gasteiger partial charge in [0.15, 0.2) is 28.3 Å². The number of imide groups is 1. The molecule has 1 aliphatic heterocycles. The third-order valence-corrected chi connectivity index (χ3v) is 13.2. The number of nitrogens with two attached hydrogens (primary N) is 1. The van der Waals surface area contributed by atoms with Crippen LogP contribution in [0.15, 0.2) is 57.6 Å². The Balaban J connectivity index is 0.000000274. The van der Waals surface area contributed by atoms with E-state index in [9.17, 15) is 45.0 Å². The molecule has 4 amide bonds. The molecule has 0 fully saturated rings. The van der Waals surface area contributed by atoms with Crippen molar-refractivity contribution in [3.05, 3.63) is 58.5 Å². The first kappa shape index (κ1) is 51.6. The van der Waals surface area contributed by atoms with E-state index in [1.807, 2.05) is 0 Å². The lowest BCUT2D eigenvalue weighted by atomic mass is 9.93. The summed E-state index contributed by atoms with van der Waals surface area (Å²) in [6.45, 7) is 4.17. The number of hydrogen-bond donors (Lipinski definition) is 5. The second kappa shape index (κ2) is 22.1. The van der Waals surface area contributed by atoms with Gasteiger partial charge in [-0.25, -0.2) is 32.2 Å². The Kier molecular flexibility index (Phi) is 18.1. The Bertz CT molecular complexity index is 2540. The molecule has 2 aliphatic rings. The number of urea groups is 1. The molecule has 0 spiro atoms. The lowest BCUT2D eigenvalue weighted by Gasteiger charge is -2.19. The van der Waals surface area contributed by atoms with Crippen molar-refractivity contribution in [1.29, 1.82) is 0 Å². The van der Waals surface area contributed by atoms with Gasteiger partial charge >= 0.3 is 12.0 Å². The van der Waals surface area contributed by atoms with Crippen LogP contribution in [0.4, 0.5) is 20.8 Å². The van der Waals surface area contributed by atoms with Crippen molar-refractivity contribution in [3.8, 4) is 29.9 Å². The third kappa shape index (κ3) is 14.2. The van der Waals surface area contributed by atoms with Crippen molar-refractivity contribution in [2.24, 2.45) is 5.73 Å². The van der Waals surface area contributed by atoms with Gasteiger partial charge in [-0.05, 0) is 57.2 Å². The highest BCUT2D eigenvalue weighted by atomic mass is 35.5. The number of carbonyl (C=O) groups excluding carboxylic acids is 3. The minimum absolute atomic E-state index is 0.0233. The summed E-state index contributed by atoms with van der Waals surface area (Å²) < 4.78 is 91.1. The van der Waals surface area contributed by atoms with Crippen molar-refractivity contribution in [1.82, 2.24) is 19.7 Å². The molecule has 3 aromatic rings. The summed E-state index contributed by atoms with van der Waals surface area (Å²) in [7, 11) is -8.95. The topological polar surface area (TPSA) is 314 Å². The molecule has 5 rings (SSSR count). The third-order valence-electron chi connectivity index (χ3n) is 8.60. The fourth-order valence-corrected chi connectivity index (χ4v) is 8.90. The van der Waals surface area contributed by atoms with Crippen molar-refractivity contribution >= 4 is 74.3 Å². The first-order chi connectivity index (χ1) is 29.4. The van der Waals surface area contributed by atoms with Crippen LogP contribution in [0.5, 0.6) is 17.5 Å². The minimum Gasteiger partial charge on any atom is -0.481 e. The van der Waals surface area contributed by atoms with Crippen LogP contribution < -0.4 is 34.9 Å². The van der Waals surface area contributed by atoms with E-state index in [4.69, 9.17) is 48.0 Å². The highest BCUT2D eigenvalue weighted by Gasteiger charge is 2.41. The Hall–Kier alpha value is -5.70. The van der Waals surface area contributed by atoms with Crippen LogP contribution in [0, 0.1) is 18.2 Å². The average Bonchev–Trinajstić information content (AvgIpc) is 3.48. The van der Waals surface area contributed by atoms with Gasteiger partial charge in [0.25, 0.3) is 21.8 Å². The zero-order chi connectivity index (χ0) is 47.4. The SMILES string of the molecule is C#CC(C)Oc1cc(N2C(=O)C3=C(CCCC3)C2=O)c(F)cc1Cl.CCS(=O)(=O)c1cccnc1S(=O)(=O)NC(=O)Nc1nc(OC)cc(OC)n1.CP(=O)(O)CCC(N)C(=O)O. The number of anilines is 2. The molecule has 0 saturated heterocycles. The number of aromatic nitrogens is 3. The van der Waals surface area contributed by atoms with Gasteiger partial charge in [-0.3, -0.25) is 24.3 Å². The second-order valence-corrected chi connectivity index (χ2v) is 20.1. The van der Waals surface area contributed by atoms with Gasteiger partial charge in [-0.15, -0.1) is 6.42 Å². The molecule has 342 valence electrons. The van der Waals surface area contributed by atoms with Crippen LogP contribution in [0.1, 0.15) is 46.0 Å². The van der Waals surface area contributed by atoms with Crippen LogP contribution in [0.2, 0.25) is 5.02 Å². The molecule has 3 heterocycles. The molecule has 6 N–H and O–H groups in total. The summed E-state index contributed by atoms with van der Waals surface area (Å²) in [5.74, 6) is -0.853. The number of pyridine rings is 1. The van der Waals surface area contributed by atoms with Gasteiger partial charge in [0.05, 0.1) is 36.7 Å². The normalized spacial score (nSPS) is 15.5. The molecular weight excluding hydrogens is 916 g/mol. The summed E-state index contributed by atoms with van der Waals surface area (Å²) >= 11 is 5.97. The van der Waals surface area contributed by atoms with Gasteiger partial charge in [0, 0.05) is 36.2 Å². The lowest BCUT2D eigenvalue weighted by molar-refractivity contribution is -0.138. The van der Waals surface area contributed by atoms with E-state index in [1.165, 1.54) is 46.0 Å². The van der Waals surface area contributed by atoms with Gasteiger partial charge in [-0.1, -0.05) is 24.4 Å². The first-order valence-electron chi connectivity index (χ1n) is 18.4. The molecular formula is C37H44ClFN7O14PS2. The van der Waals surface area contributed by atoms with Crippen LogP contribution >= 0.6 is 19.0 Å². The van der Waals surface area contributed by atoms with E-state index in [-0.39, 0.29) is 52.5 Å². The predicted molar refractivity (Wildman–Crippen MR) is 226 cm³/mol. The van der Waals surface area contributed by atoms with Gasteiger partial charge in [0.2, 0.25) is 17.7 Å². The highest BCUT2D eigenvalue weighted by molar-refractivity contribution is 7.93. The van der Waals surface area contributed by atoms with E-state index < -0.39 is 78.9 Å². The number of aliphatic carboxylic acids is 1. The Morgan fingerprint density at radius 1 is 1.08 bits per heavy atom. The van der Waals surface area contributed by atoms with Crippen molar-refractivity contribution in [3.63, 3.8) is 0 Å². The number of halogens is 2. The number of carboxylic acids is 1. The highest BCUT2D eigenvalue weighted by Crippen LogP contribution is 2.40. The molecule has 1 aliphatic carbocycles. The Labute approximate surface area is 367 Å². The van der Waals surface area contributed by atoms with Crippen molar-refractivity contribution in [2.75, 3.05) is 43.0 Å². The number of sulfone groups is 1. The summed E-state index contributed by atoms with van der Waals surface area (Å²) in [5.41, 5.74) is 5.90. The quantitative estimate of drug-likeness (QED) is 0.0877. The molecule has 0 saturated carbocycles. The molecule has 2 aromatic heterocycles. The van der Waals surface area contributed by atoms with Crippen LogP contribution in [-0.4, -0.2) is 111 Å². The Morgan fingerprint density at radius 3 is 2.14 bits per heavy atom. The number of hydrogen-bond acceptors (Lipinski definition) is 16. The molecule has 3 atom stereocenters. The molecule has 0 radical (unpaired) electrons. The number of amides is 4. The van der Waals surface area contributed by atoms with Gasteiger partial charge < -0.3 is 29.9 Å². The number of methoxy groups -OCH3 is 2. The molecule has 63 heavy (non-hydrogen) atoms. The zero-order valence-electron chi connectivity index (χ0n) is 34.3. The number of carboxylic acid groups (broad SMARTS) is 1. The number of ether oxygens (including phenoxy) is 3. The number of benzene rings is 1. The van der Waals surface area contributed by atoms with Gasteiger partial charge in [-0.2, -0.15) is 18.4 Å². The van der Waals surface area contributed by atoms with E-state index in [2.05, 4.69) is 26.2 Å². The fourth-order valence-electron chi connectivity index (χ4n) is 5.40. The maximum Gasteiger partial charge on any atom is 0.335 e. The number of rotatable bonds is 14. The van der Waals surface area contributed by atoms with Crippen LogP contribution in [0.25, 0.3) is 0 Å². The van der Waals surface area contributed by atoms with Crippen molar-refractivity contribution in [2.45, 2.75) is 68.0 Å². The number of nitrogens with one attached hydrogen (secondary N) is 2. The predicted octanol–water partition coefficient (Wildman–Crippen LogP) is 3.50. The van der Waals surface area contributed by atoms with Gasteiger partial charge in [0.1, 0.15) is 22.5 Å². The largest absolute Gasteiger partial charge is 0.481 e. The van der Waals surface area contributed by atoms with Crippen molar-refractivity contribution < 1.29 is 69.2 Å². The molecule has 1 aromatic carbocycles. The summed E-state index contributed by atoms with van der Waals surface area (Å²) in [4.78, 5) is 67.7. The lowest BCUT2D eigenvalue weighted by Crippen LogP contribution is -2.36. The minimum atomic E-state index is -4.61. The maximum atomic E-state index is 14.4. The van der Waals surface area contributed by atoms with E-state index in [1.54, 1.807) is 11.6 Å². The molecule has 0 bridgehead atoms. The van der Waals surface area contributed by atoms with Crippen LogP contribution in [0.3, 0.4) is 0 Å². The van der Waals surface area contributed by atoms with Crippen LogP contribution in [-0.2, 0) is 38.8 Å².